The van der Waals surface area contributed by atoms with Crippen molar-refractivity contribution < 1.29 is 8.42 Å². The van der Waals surface area contributed by atoms with Gasteiger partial charge in [0.05, 0.1) is 4.90 Å². The van der Waals surface area contributed by atoms with Gasteiger partial charge < -0.3 is 5.32 Å². The summed E-state index contributed by atoms with van der Waals surface area (Å²) in [5.74, 6) is 0.463. The Morgan fingerprint density at radius 1 is 1.33 bits per heavy atom. The molecule has 2 N–H and O–H groups in total. The third kappa shape index (κ3) is 2.91. The molecule has 5 heteroatoms. The molecule has 1 aromatic carbocycles. The zero-order valence-corrected chi connectivity index (χ0v) is 11.6. The first-order valence-electron chi connectivity index (χ1n) is 6.36. The lowest BCUT2D eigenvalue weighted by atomic mass is 9.99. The van der Waals surface area contributed by atoms with Crippen LogP contribution in [0.2, 0.25) is 0 Å². The molecule has 2 rings (SSSR count). The van der Waals surface area contributed by atoms with Crippen molar-refractivity contribution in [3.05, 3.63) is 29.8 Å². The van der Waals surface area contributed by atoms with Gasteiger partial charge in [-0.2, -0.15) is 0 Å². The Kier molecular flexibility index (Phi) is 4.04. The molecule has 0 spiro atoms. The van der Waals surface area contributed by atoms with Gasteiger partial charge in [-0.15, -0.1) is 0 Å². The van der Waals surface area contributed by atoms with E-state index in [1.807, 2.05) is 12.1 Å². The van der Waals surface area contributed by atoms with E-state index in [1.165, 1.54) is 5.56 Å². The Bertz CT molecular complexity index is 492. The van der Waals surface area contributed by atoms with Crippen molar-refractivity contribution in [2.24, 2.45) is 0 Å². The first kappa shape index (κ1) is 13.5. The van der Waals surface area contributed by atoms with E-state index in [0.29, 0.717) is 23.9 Å². The van der Waals surface area contributed by atoms with Gasteiger partial charge in [0.25, 0.3) is 0 Å². The maximum Gasteiger partial charge on any atom is 0.240 e. The Morgan fingerprint density at radius 3 is 2.39 bits per heavy atom. The Hall–Kier alpha value is -0.910. The molecular formula is C13H20N2O2S. The molecular weight excluding hydrogens is 248 g/mol. The summed E-state index contributed by atoms with van der Waals surface area (Å²) in [4.78, 5) is 0.349. The summed E-state index contributed by atoms with van der Waals surface area (Å²) in [6.45, 7) is 5.69. The number of rotatable bonds is 5. The van der Waals surface area contributed by atoms with Crippen molar-refractivity contribution >= 4 is 10.0 Å². The molecule has 1 atom stereocenters. The monoisotopic (exact) mass is 268 g/mol. The second kappa shape index (κ2) is 5.38. The first-order chi connectivity index (χ1) is 8.53. The lowest BCUT2D eigenvalue weighted by Gasteiger charge is -2.27. The molecule has 1 aliphatic heterocycles. The molecule has 1 aromatic rings. The van der Waals surface area contributed by atoms with Crippen LogP contribution in [-0.2, 0) is 10.0 Å². The zero-order valence-electron chi connectivity index (χ0n) is 10.8. The highest BCUT2D eigenvalue weighted by Gasteiger charge is 2.24. The Morgan fingerprint density at radius 2 is 1.94 bits per heavy atom. The van der Waals surface area contributed by atoms with Gasteiger partial charge >= 0.3 is 0 Å². The molecule has 4 nitrogen and oxygen atoms in total. The largest absolute Gasteiger partial charge is 0.313 e. The number of benzene rings is 1. The van der Waals surface area contributed by atoms with Gasteiger partial charge in [-0.3, -0.25) is 0 Å². The number of sulfonamides is 1. The fourth-order valence-corrected chi connectivity index (χ4v) is 3.11. The van der Waals surface area contributed by atoms with Crippen LogP contribution in [0, 0.1) is 0 Å². The van der Waals surface area contributed by atoms with Gasteiger partial charge in [0.2, 0.25) is 10.0 Å². The summed E-state index contributed by atoms with van der Waals surface area (Å²) in [5.41, 5.74) is 1.18. The van der Waals surface area contributed by atoms with Gasteiger partial charge in [0, 0.05) is 19.1 Å². The molecule has 1 unspecified atom stereocenters. The fourth-order valence-electron chi connectivity index (χ4n) is 1.87. The molecule has 0 aliphatic carbocycles. The highest BCUT2D eigenvalue weighted by atomic mass is 32.2. The van der Waals surface area contributed by atoms with E-state index >= 15 is 0 Å². The molecule has 0 radical (unpaired) electrons. The lowest BCUT2D eigenvalue weighted by Crippen LogP contribution is -2.56. The van der Waals surface area contributed by atoms with Crippen LogP contribution < -0.4 is 10.0 Å². The minimum absolute atomic E-state index is 0.0317. The smallest absolute Gasteiger partial charge is 0.240 e. The maximum absolute atomic E-state index is 12.0. The second-order valence-electron chi connectivity index (χ2n) is 4.85. The van der Waals surface area contributed by atoms with Crippen LogP contribution in [0.5, 0.6) is 0 Å². The van der Waals surface area contributed by atoms with E-state index in [-0.39, 0.29) is 6.04 Å². The van der Waals surface area contributed by atoms with Crippen molar-refractivity contribution in [2.75, 3.05) is 13.1 Å². The summed E-state index contributed by atoms with van der Waals surface area (Å²) in [5, 5.41) is 3.04. The van der Waals surface area contributed by atoms with Crippen LogP contribution in [-0.4, -0.2) is 27.5 Å². The van der Waals surface area contributed by atoms with E-state index in [9.17, 15) is 8.42 Å². The third-order valence-electron chi connectivity index (χ3n) is 3.48. The molecule has 1 heterocycles. The van der Waals surface area contributed by atoms with E-state index < -0.39 is 10.0 Å². The molecule has 0 saturated carbocycles. The lowest BCUT2D eigenvalue weighted by molar-refractivity contribution is 0.410. The van der Waals surface area contributed by atoms with Crippen LogP contribution in [0.3, 0.4) is 0 Å². The van der Waals surface area contributed by atoms with Crippen molar-refractivity contribution in [3.63, 3.8) is 0 Å². The van der Waals surface area contributed by atoms with Crippen molar-refractivity contribution in [1.82, 2.24) is 10.0 Å². The van der Waals surface area contributed by atoms with Gasteiger partial charge in [-0.05, 0) is 30.0 Å². The number of hydrogen-bond acceptors (Lipinski definition) is 3. The fraction of sp³-hybridized carbons (Fsp3) is 0.538. The molecule has 0 aromatic heterocycles. The standard InChI is InChI=1S/C13H20N2O2S/c1-3-10(2)11-4-6-13(7-5-11)18(16,17)15-12-8-14-9-12/h4-7,10,12,14-15H,3,8-9H2,1-2H3. The zero-order chi connectivity index (χ0) is 13.2. The van der Waals surface area contributed by atoms with Crippen molar-refractivity contribution in [1.29, 1.82) is 0 Å². The molecule has 0 bridgehead atoms. The summed E-state index contributed by atoms with van der Waals surface area (Å²) in [6.07, 6.45) is 1.05. The van der Waals surface area contributed by atoms with Gasteiger partial charge in [0.1, 0.15) is 0 Å². The topological polar surface area (TPSA) is 58.2 Å². The van der Waals surface area contributed by atoms with E-state index in [4.69, 9.17) is 0 Å². The SMILES string of the molecule is CCC(C)c1ccc(S(=O)(=O)NC2CNC2)cc1. The number of nitrogens with one attached hydrogen (secondary N) is 2. The second-order valence-corrected chi connectivity index (χ2v) is 6.57. The molecule has 18 heavy (non-hydrogen) atoms. The summed E-state index contributed by atoms with van der Waals surface area (Å²) in [7, 11) is -3.36. The number of hydrogen-bond donors (Lipinski definition) is 2. The average molecular weight is 268 g/mol. The molecule has 0 amide bonds. The molecule has 1 fully saturated rings. The van der Waals surface area contributed by atoms with E-state index in [1.54, 1.807) is 12.1 Å². The van der Waals surface area contributed by atoms with Crippen LogP contribution in [0.4, 0.5) is 0 Å². The maximum atomic E-state index is 12.0. The Labute approximate surface area is 109 Å². The summed E-state index contributed by atoms with van der Waals surface area (Å²) >= 11 is 0. The first-order valence-corrected chi connectivity index (χ1v) is 7.84. The minimum atomic E-state index is -3.36. The molecule has 1 aliphatic rings. The van der Waals surface area contributed by atoms with Crippen LogP contribution in [0.1, 0.15) is 31.7 Å². The Balaban J connectivity index is 2.12. The van der Waals surface area contributed by atoms with Gasteiger partial charge in [-0.25, -0.2) is 13.1 Å². The molecule has 1 saturated heterocycles. The quantitative estimate of drug-likeness (QED) is 0.850. The van der Waals surface area contributed by atoms with E-state index in [2.05, 4.69) is 23.9 Å². The highest BCUT2D eigenvalue weighted by molar-refractivity contribution is 7.89. The minimum Gasteiger partial charge on any atom is -0.313 e. The highest BCUT2D eigenvalue weighted by Crippen LogP contribution is 2.20. The van der Waals surface area contributed by atoms with Crippen molar-refractivity contribution in [3.8, 4) is 0 Å². The van der Waals surface area contributed by atoms with Gasteiger partial charge in [-0.1, -0.05) is 26.0 Å². The average Bonchev–Trinajstić information content (AvgIpc) is 2.33. The normalized spacial score (nSPS) is 18.3. The van der Waals surface area contributed by atoms with E-state index in [0.717, 1.165) is 6.42 Å². The van der Waals surface area contributed by atoms with Crippen LogP contribution in [0.25, 0.3) is 0 Å². The van der Waals surface area contributed by atoms with Gasteiger partial charge in [0.15, 0.2) is 0 Å². The summed E-state index contributed by atoms with van der Waals surface area (Å²) < 4.78 is 26.8. The van der Waals surface area contributed by atoms with Crippen LogP contribution >= 0.6 is 0 Å². The predicted octanol–water partition coefficient (Wildman–Crippen LogP) is 1.45. The predicted molar refractivity (Wildman–Crippen MR) is 72.1 cm³/mol. The van der Waals surface area contributed by atoms with Crippen molar-refractivity contribution in [2.45, 2.75) is 37.1 Å². The third-order valence-corrected chi connectivity index (χ3v) is 5.01. The molecule has 100 valence electrons. The summed E-state index contributed by atoms with van der Waals surface area (Å²) in [6, 6.07) is 7.22. The van der Waals surface area contributed by atoms with Crippen LogP contribution in [0.15, 0.2) is 29.2 Å².